The molecule has 360 valence electrons. The van der Waals surface area contributed by atoms with Crippen molar-refractivity contribution in [3.8, 4) is 30.8 Å². The Morgan fingerprint density at radius 3 is 1.57 bits per heavy atom. The van der Waals surface area contributed by atoms with Crippen LogP contribution in [-0.2, 0) is 14.2 Å². The highest BCUT2D eigenvalue weighted by atomic mass is 16.6. The summed E-state index contributed by atoms with van der Waals surface area (Å²) in [4.78, 5) is 64.5. The molecule has 35 heteroatoms. The molecule has 3 saturated heterocycles. The van der Waals surface area contributed by atoms with Crippen LogP contribution in [0.25, 0.3) is 33.5 Å². The molecule has 0 aliphatic carbocycles. The molecule has 6 aromatic heterocycles. The molecule has 0 aromatic carbocycles. The minimum atomic E-state index is -1.94. The van der Waals surface area contributed by atoms with Crippen LogP contribution in [0, 0.1) is 70.4 Å². The van der Waals surface area contributed by atoms with Crippen molar-refractivity contribution in [1.82, 2.24) is 73.3 Å². The van der Waals surface area contributed by atoms with Crippen LogP contribution in [0.3, 0.4) is 0 Å². The van der Waals surface area contributed by atoms with Crippen molar-refractivity contribution in [2.24, 2.45) is 33.1 Å². The quantitative estimate of drug-likeness (QED) is 0.0367. The summed E-state index contributed by atoms with van der Waals surface area (Å²) in [5.41, 5.74) is 26.1. The number of aromatic amines is 2. The number of aromatic nitrogens is 12. The zero-order valence-corrected chi connectivity index (χ0v) is 35.3. The van der Waals surface area contributed by atoms with Gasteiger partial charge < -0.3 is 61.3 Å². The lowest BCUT2D eigenvalue weighted by atomic mass is 9.97. The fraction of sp³-hybridized carbons (Fsp3) is 0.429. The molecule has 0 spiro atoms. The van der Waals surface area contributed by atoms with Gasteiger partial charge in [-0.15, -0.1) is 12.8 Å². The number of H-pyrrole nitrogens is 2. The van der Waals surface area contributed by atoms with Gasteiger partial charge in [-0.1, -0.05) is 11.8 Å². The van der Waals surface area contributed by atoms with Crippen molar-refractivity contribution in [2.45, 2.75) is 54.2 Å². The smallest absolute Gasteiger partial charge is 0.294 e. The Labute approximate surface area is 386 Å². The first-order chi connectivity index (χ1) is 33.6. The van der Waals surface area contributed by atoms with Gasteiger partial charge in [-0.05, 0) is 0 Å². The van der Waals surface area contributed by atoms with Crippen LogP contribution in [0.4, 0.5) is 11.8 Å². The molecule has 12 atom stereocenters. The molecule has 3 aliphatic heterocycles. The number of ether oxygens (including phenoxy) is 3. The summed E-state index contributed by atoms with van der Waals surface area (Å²) in [7, 11) is 0. The second kappa shape index (κ2) is 19.3. The monoisotopic (exact) mass is 969 g/mol. The number of aliphatic hydroxyl groups is 6. The van der Waals surface area contributed by atoms with Gasteiger partial charge in [0.05, 0.1) is 43.2 Å². The van der Waals surface area contributed by atoms with Crippen LogP contribution in [0.1, 0.15) is 18.7 Å². The summed E-state index contributed by atoms with van der Waals surface area (Å²) in [5.74, 6) is 1.82. The van der Waals surface area contributed by atoms with E-state index in [0.717, 1.165) is 0 Å². The van der Waals surface area contributed by atoms with E-state index < -0.39 is 103 Å². The maximum absolute atomic E-state index is 11.8. The molecule has 15 N–H and O–H groups in total. The first-order valence-corrected chi connectivity index (χ1v) is 19.7. The number of nitrogens with zero attached hydrogens (tertiary/aromatic N) is 17. The molecule has 0 bridgehead atoms. The van der Waals surface area contributed by atoms with Crippen LogP contribution in [-0.4, -0.2) is 145 Å². The van der Waals surface area contributed by atoms with Gasteiger partial charge in [0.1, 0.15) is 72.5 Å². The molecule has 9 rings (SSSR count). The van der Waals surface area contributed by atoms with E-state index in [0.29, 0.717) is 11.2 Å². The summed E-state index contributed by atoms with van der Waals surface area (Å²) in [6.45, 7) is -2.24. The summed E-state index contributed by atoms with van der Waals surface area (Å²) in [6.07, 6.45) is 9.81. The number of hydrogen-bond donors (Lipinski definition) is 13. The summed E-state index contributed by atoms with van der Waals surface area (Å²) in [5, 5.41) is 79.2. The minimum Gasteiger partial charge on any atom is -0.391 e. The van der Waals surface area contributed by atoms with E-state index >= 15 is 0 Å². The standard InChI is InChI=1S/C12H12N8O4.C12H13N8O3.C11H10N8O4/c1-2-5-7(22)12(3-21,18-19-14)24-10(5)20-4-15-6-8(20)16-11(13)17-9(6)23;1-2-6-8(22)12(3-21,18-19-14)23-11(6)20-5-17-7-9(13)15-4-16-10(7)20;12-1-5-7(21)11(2-20,17-18-13)23-10(5)19-4-16-6-8(19)14-3-15-9(6)22/h1,4-5,7,10,14,21-22H,3H2,(H2-,13,16,17,23);1,4-6,8,11,14,21-22H,3H2,(H2,13,15,16);3-5,7,10,13,20-21H,2H2/q;+1;/p+2/t5-,7-,10+,12+;6-,8-,11+,12+;5-,7-,10+,11+/m000/s1. The lowest BCUT2D eigenvalue weighted by Gasteiger charge is -2.18. The number of fused-ring (bicyclic) bond motifs is 3. The van der Waals surface area contributed by atoms with Crippen LogP contribution < -0.4 is 37.3 Å². The molecule has 0 radical (unpaired) electrons. The Hall–Kier alpha value is -8.97. The van der Waals surface area contributed by atoms with Crippen molar-refractivity contribution in [2.75, 3.05) is 31.3 Å². The molecule has 35 nitrogen and oxygen atoms in total. The first-order valence-electron chi connectivity index (χ1n) is 19.7. The first kappa shape index (κ1) is 48.9. The third-order valence-corrected chi connectivity index (χ3v) is 11.2. The number of rotatable bonds is 9. The van der Waals surface area contributed by atoms with Gasteiger partial charge in [0.15, 0.2) is 67.8 Å². The predicted molar refractivity (Wildman–Crippen MR) is 224 cm³/mol. The Morgan fingerprint density at radius 1 is 0.686 bits per heavy atom. The highest BCUT2D eigenvalue weighted by molar-refractivity contribution is 5.81. The van der Waals surface area contributed by atoms with E-state index in [1.807, 2.05) is 6.07 Å². The fourth-order valence-electron chi connectivity index (χ4n) is 7.76. The van der Waals surface area contributed by atoms with E-state index in [9.17, 15) is 45.5 Å². The normalized spacial score (nSPS) is 29.8. The summed E-state index contributed by atoms with van der Waals surface area (Å²) >= 11 is 0. The Bertz CT molecular complexity index is 3370. The summed E-state index contributed by atoms with van der Waals surface area (Å²) < 4.78 is 20.8. The second-order valence-electron chi connectivity index (χ2n) is 14.9. The number of nitriles is 1. The Balaban J connectivity index is 0.000000155. The van der Waals surface area contributed by atoms with Crippen LogP contribution >= 0.6 is 0 Å². The molecule has 70 heavy (non-hydrogen) atoms. The average Bonchev–Trinajstić information content (AvgIpc) is 4.21. The number of nitrogens with two attached hydrogens (primary N) is 2. The van der Waals surface area contributed by atoms with Gasteiger partial charge in [-0.25, -0.2) is 29.9 Å². The van der Waals surface area contributed by atoms with E-state index in [1.54, 1.807) is 0 Å². The highest BCUT2D eigenvalue weighted by Gasteiger charge is 2.62. The lowest BCUT2D eigenvalue weighted by molar-refractivity contribution is -0.126. The Kier molecular flexibility index (Phi) is 13.5. The molecule has 3 fully saturated rings. The third-order valence-electron chi connectivity index (χ3n) is 11.2. The van der Waals surface area contributed by atoms with Gasteiger partial charge >= 0.3 is 0 Å². The molecule has 0 unspecified atom stereocenters. The summed E-state index contributed by atoms with van der Waals surface area (Å²) in [6, 6.07) is 1.87. The van der Waals surface area contributed by atoms with E-state index in [1.165, 1.54) is 45.3 Å². The third kappa shape index (κ3) is 7.96. The van der Waals surface area contributed by atoms with Crippen LogP contribution in [0.5, 0.6) is 0 Å². The van der Waals surface area contributed by atoms with Gasteiger partial charge in [-0.2, -0.15) is 10.2 Å². The zero-order chi connectivity index (χ0) is 50.7. The van der Waals surface area contributed by atoms with E-state index in [4.69, 9.17) is 55.1 Å². The number of terminal acetylenes is 2. The lowest BCUT2D eigenvalue weighted by Crippen LogP contribution is -2.43. The molecule has 0 amide bonds. The molecule has 6 aromatic rings. The zero-order valence-electron chi connectivity index (χ0n) is 35.3. The van der Waals surface area contributed by atoms with Crippen LogP contribution in [0.15, 0.2) is 56.6 Å². The maximum atomic E-state index is 11.8. The number of hydrogen-bond acceptors (Lipinski definition) is 27. The van der Waals surface area contributed by atoms with Crippen molar-refractivity contribution in [1.29, 1.82) is 21.9 Å². The SMILES string of the molecule is C#C[C@@H]1[C@H](n2cnc3c(=O)[nH]c(N)nc32)O[C@@](CO)(N=[N+]=N)[C@H]1O.C#C[C@@H]1[C@H](n2cnc3c(N)ncnc32)O[C@@](CO)(N=[N+]=N)[C@H]1O.N#C[C@@H]1[C@H](n2cnc3c(=O)[nH]cnc32)O[C@@](CO)(N=[N+]=N)[C@H]1O. The number of nitrogen functional groups attached to an aromatic ring is 2. The fourth-order valence-corrected chi connectivity index (χ4v) is 7.76. The topological polar surface area (TPSA) is 547 Å². The van der Waals surface area contributed by atoms with Gasteiger partial charge in [0.2, 0.25) is 20.7 Å². The maximum Gasteiger partial charge on any atom is 0.294 e. The average molecular weight is 970 g/mol. The van der Waals surface area contributed by atoms with Crippen molar-refractivity contribution in [3.05, 3.63) is 52.3 Å². The number of aliphatic hydroxyl groups excluding tert-OH is 6. The molecule has 0 saturated carbocycles. The second-order valence-corrected chi connectivity index (χ2v) is 14.9. The van der Waals surface area contributed by atoms with Gasteiger partial charge in [-0.3, -0.25) is 28.3 Å². The minimum absolute atomic E-state index is 0.00155. The van der Waals surface area contributed by atoms with Crippen molar-refractivity contribution < 1.29 is 44.8 Å². The van der Waals surface area contributed by atoms with E-state index in [2.05, 4.69) is 86.8 Å². The van der Waals surface area contributed by atoms with Crippen LogP contribution in [0.2, 0.25) is 0 Å². The molecular weight excluding hydrogens is 933 g/mol. The number of imidazole rings is 3. The molecular formula is C35H37N24O11+3. The number of nitrogens with one attached hydrogen (secondary N) is 5. The van der Waals surface area contributed by atoms with Gasteiger partial charge in [0, 0.05) is 0 Å². The van der Waals surface area contributed by atoms with Crippen molar-refractivity contribution >= 4 is 45.3 Å². The molecule has 3 aliphatic rings. The van der Waals surface area contributed by atoms with Crippen molar-refractivity contribution in [3.63, 3.8) is 0 Å². The van der Waals surface area contributed by atoms with E-state index in [-0.39, 0.29) is 34.1 Å². The van der Waals surface area contributed by atoms with Gasteiger partial charge in [0.25, 0.3) is 28.3 Å². The largest absolute Gasteiger partial charge is 0.391 e. The predicted octanol–water partition coefficient (Wildman–Crippen LogP) is -4.75. The molecule has 9 heterocycles. The Morgan fingerprint density at radius 2 is 1.11 bits per heavy atom. The number of anilines is 2. The highest BCUT2D eigenvalue weighted by Crippen LogP contribution is 2.45.